The number of hydrogen-bond acceptors (Lipinski definition) is 5. The van der Waals surface area contributed by atoms with E-state index in [4.69, 9.17) is 10.2 Å². The molecule has 2 rings (SSSR count). The smallest absolute Gasteiger partial charge is 0.358 e. The van der Waals surface area contributed by atoms with Crippen LogP contribution in [-0.2, 0) is 4.79 Å². The SMILES string of the molecule is CC(C(=O)O)n1nnc(C(=O)O)c1-c1ccncc1. The first kappa shape index (κ1) is 12.7. The maximum atomic E-state index is 11.1. The Kier molecular flexibility index (Phi) is 3.23. The lowest BCUT2D eigenvalue weighted by Crippen LogP contribution is -2.18. The number of hydrogen-bond donors (Lipinski definition) is 2. The summed E-state index contributed by atoms with van der Waals surface area (Å²) in [6.45, 7) is 1.40. The summed E-state index contributed by atoms with van der Waals surface area (Å²) in [5.41, 5.74) is 0.342. The highest BCUT2D eigenvalue weighted by atomic mass is 16.4. The summed E-state index contributed by atoms with van der Waals surface area (Å²) in [7, 11) is 0. The van der Waals surface area contributed by atoms with Gasteiger partial charge in [0.25, 0.3) is 0 Å². The Balaban J connectivity index is 2.64. The molecule has 0 aliphatic carbocycles. The molecular formula is C11H10N4O4. The Hall–Kier alpha value is -2.77. The van der Waals surface area contributed by atoms with Crippen molar-refractivity contribution in [1.82, 2.24) is 20.0 Å². The summed E-state index contributed by atoms with van der Waals surface area (Å²) in [6, 6.07) is 2.11. The molecule has 0 spiro atoms. The third-order valence-corrected chi connectivity index (χ3v) is 2.58. The van der Waals surface area contributed by atoms with Crippen molar-refractivity contribution in [1.29, 1.82) is 0 Å². The Morgan fingerprint density at radius 3 is 2.42 bits per heavy atom. The number of nitrogens with zero attached hydrogens (tertiary/aromatic N) is 4. The summed E-state index contributed by atoms with van der Waals surface area (Å²) in [4.78, 5) is 26.0. The van der Waals surface area contributed by atoms with Gasteiger partial charge in [0.05, 0.1) is 0 Å². The zero-order chi connectivity index (χ0) is 14.0. The van der Waals surface area contributed by atoms with Crippen molar-refractivity contribution in [2.75, 3.05) is 0 Å². The normalized spacial score (nSPS) is 12.1. The molecule has 2 aromatic rings. The minimum absolute atomic E-state index is 0.143. The van der Waals surface area contributed by atoms with Crippen molar-refractivity contribution in [3.8, 4) is 11.3 Å². The quantitative estimate of drug-likeness (QED) is 0.831. The van der Waals surface area contributed by atoms with Gasteiger partial charge in [-0.25, -0.2) is 14.3 Å². The lowest BCUT2D eigenvalue weighted by Gasteiger charge is -2.10. The fourth-order valence-electron chi connectivity index (χ4n) is 1.59. The molecule has 0 saturated carbocycles. The minimum atomic E-state index is -1.27. The molecule has 19 heavy (non-hydrogen) atoms. The standard InChI is InChI=1S/C11H10N4O4/c1-6(10(16)17)15-9(7-2-4-12-5-3-7)8(11(18)19)13-14-15/h2-6H,1H3,(H,16,17)(H,18,19). The van der Waals surface area contributed by atoms with Gasteiger partial charge < -0.3 is 10.2 Å². The molecule has 0 radical (unpaired) electrons. The van der Waals surface area contributed by atoms with Crippen LogP contribution in [-0.4, -0.2) is 42.1 Å². The number of aromatic carboxylic acids is 1. The van der Waals surface area contributed by atoms with E-state index in [0.29, 0.717) is 5.56 Å². The fraction of sp³-hybridized carbons (Fsp3) is 0.182. The van der Waals surface area contributed by atoms with Crippen molar-refractivity contribution < 1.29 is 19.8 Å². The zero-order valence-electron chi connectivity index (χ0n) is 9.89. The molecule has 98 valence electrons. The molecule has 1 atom stereocenters. The van der Waals surface area contributed by atoms with E-state index in [9.17, 15) is 9.59 Å². The molecule has 2 aromatic heterocycles. The number of aromatic nitrogens is 4. The minimum Gasteiger partial charge on any atom is -0.480 e. The van der Waals surface area contributed by atoms with Crippen LogP contribution in [0.4, 0.5) is 0 Å². The van der Waals surface area contributed by atoms with Crippen molar-refractivity contribution in [2.45, 2.75) is 13.0 Å². The average molecular weight is 262 g/mol. The molecule has 0 bridgehead atoms. The van der Waals surface area contributed by atoms with Crippen LogP contribution in [0.25, 0.3) is 11.3 Å². The van der Waals surface area contributed by atoms with Crippen LogP contribution >= 0.6 is 0 Å². The second-order valence-electron chi connectivity index (χ2n) is 3.79. The molecule has 0 aromatic carbocycles. The highest BCUT2D eigenvalue weighted by Crippen LogP contribution is 2.24. The third-order valence-electron chi connectivity index (χ3n) is 2.58. The number of carbonyl (C=O) groups is 2. The molecule has 0 saturated heterocycles. The van der Waals surface area contributed by atoms with Crippen LogP contribution < -0.4 is 0 Å². The Morgan fingerprint density at radius 1 is 1.26 bits per heavy atom. The molecule has 0 amide bonds. The molecule has 8 heteroatoms. The maximum absolute atomic E-state index is 11.1. The van der Waals surface area contributed by atoms with Gasteiger partial charge in [-0.05, 0) is 19.1 Å². The molecule has 8 nitrogen and oxygen atoms in total. The third kappa shape index (κ3) is 2.28. The largest absolute Gasteiger partial charge is 0.480 e. The van der Waals surface area contributed by atoms with Crippen LogP contribution in [0.15, 0.2) is 24.5 Å². The van der Waals surface area contributed by atoms with Crippen molar-refractivity contribution in [3.63, 3.8) is 0 Å². The first-order valence-corrected chi connectivity index (χ1v) is 5.34. The topological polar surface area (TPSA) is 118 Å². The molecular weight excluding hydrogens is 252 g/mol. The highest BCUT2D eigenvalue weighted by molar-refractivity contribution is 5.93. The summed E-state index contributed by atoms with van der Waals surface area (Å²) in [5, 5.41) is 25.2. The van der Waals surface area contributed by atoms with Gasteiger partial charge in [-0.15, -0.1) is 5.10 Å². The van der Waals surface area contributed by atoms with Crippen molar-refractivity contribution in [2.24, 2.45) is 0 Å². The number of aliphatic carboxylic acids is 1. The summed E-state index contributed by atoms with van der Waals surface area (Å²) >= 11 is 0. The molecule has 0 aliphatic rings. The number of rotatable bonds is 4. The van der Waals surface area contributed by atoms with Gasteiger partial charge in [0.15, 0.2) is 5.69 Å². The number of carboxylic acids is 2. The van der Waals surface area contributed by atoms with Crippen molar-refractivity contribution >= 4 is 11.9 Å². The zero-order valence-corrected chi connectivity index (χ0v) is 9.89. The predicted octanol–water partition coefficient (Wildman–Crippen LogP) is 0.684. The number of pyridine rings is 1. The van der Waals surface area contributed by atoms with E-state index in [2.05, 4.69) is 15.3 Å². The van der Waals surface area contributed by atoms with E-state index >= 15 is 0 Å². The Bertz CT molecular complexity index is 623. The lowest BCUT2D eigenvalue weighted by atomic mass is 10.1. The molecule has 2 N–H and O–H groups in total. The first-order valence-electron chi connectivity index (χ1n) is 5.34. The monoisotopic (exact) mass is 262 g/mol. The van der Waals surface area contributed by atoms with E-state index in [0.717, 1.165) is 4.68 Å². The van der Waals surface area contributed by atoms with Crippen LogP contribution in [0.1, 0.15) is 23.5 Å². The first-order chi connectivity index (χ1) is 9.02. The second-order valence-corrected chi connectivity index (χ2v) is 3.79. The maximum Gasteiger partial charge on any atom is 0.358 e. The second kappa shape index (κ2) is 4.84. The van der Waals surface area contributed by atoms with Gasteiger partial charge >= 0.3 is 11.9 Å². The van der Waals surface area contributed by atoms with E-state index in [1.807, 2.05) is 0 Å². The average Bonchev–Trinajstić information content (AvgIpc) is 2.83. The fourth-order valence-corrected chi connectivity index (χ4v) is 1.59. The van der Waals surface area contributed by atoms with Crippen LogP contribution in [0, 0.1) is 0 Å². The molecule has 0 aliphatic heterocycles. The van der Waals surface area contributed by atoms with Gasteiger partial charge in [-0.2, -0.15) is 0 Å². The van der Waals surface area contributed by atoms with Crippen LogP contribution in [0.5, 0.6) is 0 Å². The van der Waals surface area contributed by atoms with E-state index in [-0.39, 0.29) is 11.4 Å². The van der Waals surface area contributed by atoms with Crippen LogP contribution in [0.2, 0.25) is 0 Å². The van der Waals surface area contributed by atoms with E-state index in [1.165, 1.54) is 19.3 Å². The van der Waals surface area contributed by atoms with E-state index < -0.39 is 18.0 Å². The van der Waals surface area contributed by atoms with Gasteiger partial charge in [-0.3, -0.25) is 4.98 Å². The molecule has 1 unspecified atom stereocenters. The summed E-state index contributed by atoms with van der Waals surface area (Å²) in [5.74, 6) is -2.40. The number of carboxylic acid groups (broad SMARTS) is 2. The lowest BCUT2D eigenvalue weighted by molar-refractivity contribution is -0.140. The summed E-state index contributed by atoms with van der Waals surface area (Å²) in [6.07, 6.45) is 2.95. The predicted molar refractivity (Wildman–Crippen MR) is 62.6 cm³/mol. The van der Waals surface area contributed by atoms with Gasteiger partial charge in [0, 0.05) is 18.0 Å². The van der Waals surface area contributed by atoms with Crippen molar-refractivity contribution in [3.05, 3.63) is 30.2 Å². The molecule has 2 heterocycles. The summed E-state index contributed by atoms with van der Waals surface area (Å²) < 4.78 is 1.07. The van der Waals surface area contributed by atoms with E-state index in [1.54, 1.807) is 12.1 Å². The van der Waals surface area contributed by atoms with Gasteiger partial charge in [0.1, 0.15) is 11.7 Å². The van der Waals surface area contributed by atoms with Crippen LogP contribution in [0.3, 0.4) is 0 Å². The Labute approximate surface area is 107 Å². The molecule has 0 fully saturated rings. The van der Waals surface area contributed by atoms with Gasteiger partial charge in [0.2, 0.25) is 0 Å². The van der Waals surface area contributed by atoms with Gasteiger partial charge in [-0.1, -0.05) is 5.21 Å². The Morgan fingerprint density at radius 2 is 1.89 bits per heavy atom. The highest BCUT2D eigenvalue weighted by Gasteiger charge is 2.26.